The van der Waals surface area contributed by atoms with Crippen LogP contribution in [0.15, 0.2) is 52.0 Å². The molecule has 1 N–H and O–H groups in total. The Morgan fingerprint density at radius 1 is 1.25 bits per heavy atom. The zero-order chi connectivity index (χ0) is 22.1. The third kappa shape index (κ3) is 3.96. The molecule has 0 spiro atoms. The molecule has 2 unspecified atom stereocenters. The number of aromatic nitrogens is 2. The van der Waals surface area contributed by atoms with Crippen molar-refractivity contribution in [1.29, 1.82) is 0 Å². The van der Waals surface area contributed by atoms with Gasteiger partial charge >= 0.3 is 6.03 Å². The molecule has 8 heteroatoms. The average molecular weight is 451 g/mol. The second-order valence-corrected chi connectivity index (χ2v) is 9.07. The zero-order valence-corrected chi connectivity index (χ0v) is 19.0. The summed E-state index contributed by atoms with van der Waals surface area (Å²) < 4.78 is 11.5. The van der Waals surface area contributed by atoms with Crippen LogP contribution in [0.1, 0.15) is 49.7 Å². The van der Waals surface area contributed by atoms with Gasteiger partial charge in [0.2, 0.25) is 5.82 Å². The van der Waals surface area contributed by atoms with Gasteiger partial charge in [0, 0.05) is 12.3 Å². The number of amides is 2. The van der Waals surface area contributed by atoms with Crippen LogP contribution in [0.2, 0.25) is 0 Å². The molecule has 1 fully saturated rings. The first kappa shape index (κ1) is 20.9. The highest BCUT2D eigenvalue weighted by atomic mass is 32.1. The van der Waals surface area contributed by atoms with Gasteiger partial charge < -0.3 is 14.6 Å². The molecule has 2 aliphatic rings. The van der Waals surface area contributed by atoms with E-state index in [9.17, 15) is 4.79 Å². The summed E-state index contributed by atoms with van der Waals surface area (Å²) in [6, 6.07) is 11.7. The molecule has 5 rings (SSSR count). The van der Waals surface area contributed by atoms with E-state index in [1.54, 1.807) is 16.2 Å². The Kier molecular flexibility index (Phi) is 5.80. The Hall–Kier alpha value is -2.97. The Morgan fingerprint density at radius 3 is 2.78 bits per heavy atom. The number of aryl methyl sites for hydroxylation is 1. The summed E-state index contributed by atoms with van der Waals surface area (Å²) >= 11 is 1.56. The van der Waals surface area contributed by atoms with E-state index >= 15 is 0 Å². The van der Waals surface area contributed by atoms with Crippen molar-refractivity contribution in [2.24, 2.45) is 0 Å². The lowest BCUT2D eigenvalue weighted by Crippen LogP contribution is -2.48. The molecule has 7 nitrogen and oxygen atoms in total. The van der Waals surface area contributed by atoms with E-state index in [0.717, 1.165) is 47.6 Å². The number of carbonyl (C=O) groups excluding carboxylic acids is 1. The predicted molar refractivity (Wildman–Crippen MR) is 123 cm³/mol. The number of rotatable bonds is 6. The van der Waals surface area contributed by atoms with Gasteiger partial charge in [0.1, 0.15) is 0 Å². The molecule has 4 heterocycles. The molecular formula is C24H26N4O3S. The highest BCUT2D eigenvalue weighted by Gasteiger charge is 2.37. The molecule has 1 saturated heterocycles. The van der Waals surface area contributed by atoms with Crippen molar-refractivity contribution < 1.29 is 14.1 Å². The topological polar surface area (TPSA) is 80.5 Å². The van der Waals surface area contributed by atoms with Crippen LogP contribution in [-0.4, -0.2) is 40.3 Å². The monoisotopic (exact) mass is 450 g/mol. The maximum atomic E-state index is 13.1. The van der Waals surface area contributed by atoms with Crippen LogP contribution < -0.4 is 5.32 Å². The Morgan fingerprint density at radius 2 is 2.09 bits per heavy atom. The average Bonchev–Trinajstić information content (AvgIpc) is 3.59. The number of benzene rings is 1. The van der Waals surface area contributed by atoms with E-state index in [1.807, 2.05) is 24.4 Å². The third-order valence-corrected chi connectivity index (χ3v) is 6.99. The van der Waals surface area contributed by atoms with E-state index in [4.69, 9.17) is 14.2 Å². The number of hydrogen-bond acceptors (Lipinski definition) is 6. The maximum absolute atomic E-state index is 13.1. The first-order valence-corrected chi connectivity index (χ1v) is 11.9. The first-order chi connectivity index (χ1) is 15.6. The molecular weight excluding hydrogens is 424 g/mol. The number of ether oxygens (including phenoxy) is 1. The normalized spacial score (nSPS) is 21.3. The van der Waals surface area contributed by atoms with Crippen molar-refractivity contribution >= 4 is 22.9 Å². The second-order valence-electron chi connectivity index (χ2n) is 8.12. The first-order valence-electron chi connectivity index (χ1n) is 11.0. The molecule has 2 amide bonds. The molecule has 3 aromatic rings. The third-order valence-electron chi connectivity index (χ3n) is 6.13. The van der Waals surface area contributed by atoms with E-state index in [0.29, 0.717) is 18.3 Å². The van der Waals surface area contributed by atoms with Gasteiger partial charge in [-0.1, -0.05) is 42.4 Å². The van der Waals surface area contributed by atoms with E-state index in [-0.39, 0.29) is 18.2 Å². The van der Waals surface area contributed by atoms with Gasteiger partial charge in [0.15, 0.2) is 0 Å². The van der Waals surface area contributed by atoms with Gasteiger partial charge in [-0.05, 0) is 48.8 Å². The van der Waals surface area contributed by atoms with Crippen LogP contribution >= 0.6 is 11.3 Å². The molecule has 2 atom stereocenters. The minimum Gasteiger partial charge on any atom is -0.376 e. The quantitative estimate of drug-likeness (QED) is 0.569. The zero-order valence-electron chi connectivity index (χ0n) is 18.2. The van der Waals surface area contributed by atoms with Crippen LogP contribution in [0.3, 0.4) is 0 Å². The maximum Gasteiger partial charge on any atom is 0.322 e. The largest absolute Gasteiger partial charge is 0.376 e. The number of nitrogens with zero attached hydrogens (tertiary/aromatic N) is 3. The van der Waals surface area contributed by atoms with Crippen molar-refractivity contribution in [1.82, 2.24) is 20.4 Å². The molecule has 2 aromatic heterocycles. The summed E-state index contributed by atoms with van der Waals surface area (Å²) in [6.07, 6.45) is 2.98. The van der Waals surface area contributed by atoms with Gasteiger partial charge in [-0.25, -0.2) is 4.79 Å². The van der Waals surface area contributed by atoms with Gasteiger partial charge in [0.05, 0.1) is 29.1 Å². The van der Waals surface area contributed by atoms with Crippen molar-refractivity contribution in [2.45, 2.75) is 45.3 Å². The number of carbonyl (C=O) groups is 1. The molecule has 166 valence electrons. The second kappa shape index (κ2) is 8.88. The van der Waals surface area contributed by atoms with Gasteiger partial charge in [-0.2, -0.15) is 4.98 Å². The van der Waals surface area contributed by atoms with E-state index < -0.39 is 0 Å². The predicted octanol–water partition coefficient (Wildman–Crippen LogP) is 5.04. The van der Waals surface area contributed by atoms with Crippen LogP contribution in [0, 0.1) is 0 Å². The SMILES string of the molecule is CCc1ccc(C2NC(=O)N(CC3CCCO3)C(C)=C2c2nc(-c3cccs3)no2)cc1. The van der Waals surface area contributed by atoms with Crippen LogP contribution in [-0.2, 0) is 11.2 Å². The summed E-state index contributed by atoms with van der Waals surface area (Å²) in [5.41, 5.74) is 3.87. The van der Waals surface area contributed by atoms with Crippen LogP contribution in [0.25, 0.3) is 16.3 Å². The molecule has 32 heavy (non-hydrogen) atoms. The van der Waals surface area contributed by atoms with Crippen molar-refractivity contribution in [3.05, 3.63) is 64.5 Å². The summed E-state index contributed by atoms with van der Waals surface area (Å²) in [5, 5.41) is 9.36. The van der Waals surface area contributed by atoms with Crippen LogP contribution in [0.5, 0.6) is 0 Å². The Balaban J connectivity index is 1.56. The summed E-state index contributed by atoms with van der Waals surface area (Å²) in [5.74, 6) is 0.978. The lowest BCUT2D eigenvalue weighted by Gasteiger charge is -2.36. The smallest absolute Gasteiger partial charge is 0.322 e. The lowest BCUT2D eigenvalue weighted by molar-refractivity contribution is 0.0877. The number of thiophene rings is 1. The van der Waals surface area contributed by atoms with E-state index in [2.05, 4.69) is 41.7 Å². The fourth-order valence-corrected chi connectivity index (χ4v) is 4.95. The minimum atomic E-state index is -0.370. The number of nitrogens with one attached hydrogen (secondary N) is 1. The van der Waals surface area contributed by atoms with Crippen LogP contribution in [0.4, 0.5) is 4.79 Å². The number of urea groups is 1. The molecule has 0 radical (unpaired) electrons. The van der Waals surface area contributed by atoms with Gasteiger partial charge in [-0.15, -0.1) is 11.3 Å². The highest BCUT2D eigenvalue weighted by molar-refractivity contribution is 7.13. The number of hydrogen-bond donors (Lipinski definition) is 1. The molecule has 1 aromatic carbocycles. The van der Waals surface area contributed by atoms with Gasteiger partial charge in [0.25, 0.3) is 5.89 Å². The fourth-order valence-electron chi connectivity index (χ4n) is 4.30. The molecule has 0 aliphatic carbocycles. The lowest BCUT2D eigenvalue weighted by atomic mass is 9.93. The van der Waals surface area contributed by atoms with Crippen molar-refractivity contribution in [2.75, 3.05) is 13.2 Å². The summed E-state index contributed by atoms with van der Waals surface area (Å²) in [7, 11) is 0. The fraction of sp³-hybridized carbons (Fsp3) is 0.375. The Labute approximate surface area is 191 Å². The summed E-state index contributed by atoms with van der Waals surface area (Å²) in [6.45, 7) is 5.33. The van der Waals surface area contributed by atoms with Gasteiger partial charge in [-0.3, -0.25) is 4.90 Å². The minimum absolute atomic E-state index is 0.0432. The highest BCUT2D eigenvalue weighted by Crippen LogP contribution is 2.38. The Bertz CT molecular complexity index is 1110. The summed E-state index contributed by atoms with van der Waals surface area (Å²) in [4.78, 5) is 20.5. The molecule has 0 saturated carbocycles. The number of allylic oxidation sites excluding steroid dienone is 1. The van der Waals surface area contributed by atoms with E-state index in [1.165, 1.54) is 5.56 Å². The van der Waals surface area contributed by atoms with Crippen molar-refractivity contribution in [3.63, 3.8) is 0 Å². The molecule has 0 bridgehead atoms. The molecule has 2 aliphatic heterocycles. The van der Waals surface area contributed by atoms with Crippen molar-refractivity contribution in [3.8, 4) is 10.7 Å². The standard InChI is InChI=1S/C24H26N4O3S/c1-3-16-8-10-17(11-9-16)21-20(23-26-22(27-31-23)19-7-5-13-32-19)15(2)28(24(29)25-21)14-18-6-4-12-30-18/h5,7-11,13,18,21H,3-4,6,12,14H2,1-2H3,(H,25,29).